The van der Waals surface area contributed by atoms with Gasteiger partial charge in [-0.2, -0.15) is 5.10 Å². The van der Waals surface area contributed by atoms with E-state index in [0.29, 0.717) is 22.0 Å². The van der Waals surface area contributed by atoms with Crippen LogP contribution in [-0.2, 0) is 16.0 Å². The van der Waals surface area contributed by atoms with E-state index in [-0.39, 0.29) is 23.9 Å². The van der Waals surface area contributed by atoms with E-state index in [9.17, 15) is 14.4 Å². The molecule has 0 spiro atoms. The van der Waals surface area contributed by atoms with Gasteiger partial charge in [0.05, 0.1) is 5.69 Å². The summed E-state index contributed by atoms with van der Waals surface area (Å²) in [6.07, 6.45) is 0.962. The Labute approximate surface area is 191 Å². The Hall–Kier alpha value is -3.45. The number of nitrogens with one attached hydrogen (secondary N) is 2. The summed E-state index contributed by atoms with van der Waals surface area (Å²) in [5.74, 6) is -0.697. The number of hydrogen-bond donors (Lipinski definition) is 2. The molecule has 7 nitrogen and oxygen atoms in total. The van der Waals surface area contributed by atoms with E-state index in [1.54, 1.807) is 38.1 Å². The molecule has 0 bridgehead atoms. The predicted molar refractivity (Wildman–Crippen MR) is 127 cm³/mol. The van der Waals surface area contributed by atoms with Gasteiger partial charge in [0.25, 0.3) is 5.56 Å². The number of anilines is 2. The smallest absolute Gasteiger partial charge is 0.291 e. The Kier molecular flexibility index (Phi) is 7.43. The Bertz CT molecular complexity index is 1190. The van der Waals surface area contributed by atoms with Crippen LogP contribution in [0.15, 0.2) is 59.4 Å². The van der Waals surface area contributed by atoms with Crippen LogP contribution in [0.1, 0.15) is 38.8 Å². The topological polar surface area (TPSA) is 93.1 Å². The van der Waals surface area contributed by atoms with E-state index in [1.807, 2.05) is 31.2 Å². The van der Waals surface area contributed by atoms with Crippen LogP contribution in [0.2, 0.25) is 5.02 Å². The number of carbonyl (C=O) groups excluding carboxylic acids is 2. The van der Waals surface area contributed by atoms with Crippen molar-refractivity contribution < 1.29 is 9.59 Å². The standard InChI is InChI=1S/C24H25ClN4O3/c1-4-16-8-6-7-9-19(16)27-23(31)15(3)29-24(32)21(26-22(30)5-2)14-20(28-29)17-10-12-18(25)13-11-17/h6-15H,4-5H2,1-3H3,(H,26,30)(H,27,31)/t15-/m1/s1. The fourth-order valence-corrected chi connectivity index (χ4v) is 3.29. The number of rotatable bonds is 7. The number of carbonyl (C=O) groups is 2. The van der Waals surface area contributed by atoms with Gasteiger partial charge in [-0.15, -0.1) is 0 Å². The van der Waals surface area contributed by atoms with Gasteiger partial charge in [-0.05, 0) is 43.2 Å². The molecule has 2 amide bonds. The number of amides is 2. The first-order chi connectivity index (χ1) is 15.3. The second-order valence-electron chi connectivity index (χ2n) is 7.28. The highest BCUT2D eigenvalue weighted by Crippen LogP contribution is 2.22. The van der Waals surface area contributed by atoms with Gasteiger partial charge in [0.2, 0.25) is 11.8 Å². The van der Waals surface area contributed by atoms with Gasteiger partial charge in [0, 0.05) is 22.7 Å². The molecule has 3 rings (SSSR count). The molecule has 0 aliphatic rings. The number of nitrogens with zero attached hydrogens (tertiary/aromatic N) is 2. The van der Waals surface area contributed by atoms with Gasteiger partial charge in [-0.3, -0.25) is 14.4 Å². The van der Waals surface area contributed by atoms with Crippen LogP contribution >= 0.6 is 11.6 Å². The molecule has 0 unspecified atom stereocenters. The molecule has 0 fully saturated rings. The highest BCUT2D eigenvalue weighted by molar-refractivity contribution is 6.30. The quantitative estimate of drug-likeness (QED) is 0.544. The maximum absolute atomic E-state index is 13.1. The molecule has 8 heteroatoms. The molecule has 0 radical (unpaired) electrons. The van der Waals surface area contributed by atoms with Crippen molar-refractivity contribution in [2.45, 2.75) is 39.7 Å². The summed E-state index contributed by atoms with van der Waals surface area (Å²) in [5, 5.41) is 10.5. The molecule has 1 heterocycles. The van der Waals surface area contributed by atoms with Gasteiger partial charge >= 0.3 is 0 Å². The first kappa shape index (κ1) is 23.2. The van der Waals surface area contributed by atoms with Crippen molar-refractivity contribution in [1.82, 2.24) is 9.78 Å². The zero-order chi connectivity index (χ0) is 23.3. The first-order valence-corrected chi connectivity index (χ1v) is 10.8. The largest absolute Gasteiger partial charge is 0.324 e. The summed E-state index contributed by atoms with van der Waals surface area (Å²) >= 11 is 5.98. The molecule has 1 aromatic heterocycles. The molecule has 1 atom stereocenters. The lowest BCUT2D eigenvalue weighted by molar-refractivity contribution is -0.119. The zero-order valence-corrected chi connectivity index (χ0v) is 18.9. The van der Waals surface area contributed by atoms with Crippen molar-refractivity contribution in [3.63, 3.8) is 0 Å². The Morgan fingerprint density at radius 2 is 1.72 bits per heavy atom. The minimum absolute atomic E-state index is 0.0606. The number of aromatic nitrogens is 2. The number of benzene rings is 2. The fraction of sp³-hybridized carbons (Fsp3) is 0.250. The fourth-order valence-electron chi connectivity index (χ4n) is 3.16. The first-order valence-electron chi connectivity index (χ1n) is 10.4. The van der Waals surface area contributed by atoms with Crippen LogP contribution in [-0.4, -0.2) is 21.6 Å². The molecule has 0 aliphatic carbocycles. The lowest BCUT2D eigenvalue weighted by Crippen LogP contribution is -2.35. The average molecular weight is 453 g/mol. The number of para-hydroxylation sites is 1. The number of aryl methyl sites for hydroxylation is 1. The van der Waals surface area contributed by atoms with Crippen LogP contribution in [0, 0.1) is 0 Å². The van der Waals surface area contributed by atoms with Crippen molar-refractivity contribution in [1.29, 1.82) is 0 Å². The molecule has 3 aromatic rings. The van der Waals surface area contributed by atoms with Crippen LogP contribution in [0.3, 0.4) is 0 Å². The van der Waals surface area contributed by atoms with Crippen LogP contribution in [0.25, 0.3) is 11.3 Å². The molecule has 2 aromatic carbocycles. The third kappa shape index (κ3) is 5.23. The molecule has 0 saturated carbocycles. The van der Waals surface area contributed by atoms with Crippen LogP contribution in [0.5, 0.6) is 0 Å². The summed E-state index contributed by atoms with van der Waals surface area (Å²) in [6.45, 7) is 5.28. The summed E-state index contributed by atoms with van der Waals surface area (Å²) < 4.78 is 1.10. The molecule has 166 valence electrons. The summed E-state index contributed by atoms with van der Waals surface area (Å²) in [7, 11) is 0. The summed E-state index contributed by atoms with van der Waals surface area (Å²) in [6, 6.07) is 15.0. The average Bonchev–Trinajstić information content (AvgIpc) is 2.80. The van der Waals surface area contributed by atoms with Gasteiger partial charge in [0.1, 0.15) is 11.7 Å². The number of hydrogen-bond acceptors (Lipinski definition) is 4. The molecule has 0 saturated heterocycles. The Morgan fingerprint density at radius 1 is 1.03 bits per heavy atom. The second kappa shape index (κ2) is 10.2. The van der Waals surface area contributed by atoms with E-state index in [2.05, 4.69) is 15.7 Å². The SMILES string of the molecule is CCC(=O)Nc1cc(-c2ccc(Cl)cc2)nn([C@H](C)C(=O)Nc2ccccc2CC)c1=O. The Balaban J connectivity index is 2.02. The molecule has 32 heavy (non-hydrogen) atoms. The highest BCUT2D eigenvalue weighted by atomic mass is 35.5. The van der Waals surface area contributed by atoms with Crippen LogP contribution in [0.4, 0.5) is 11.4 Å². The lowest BCUT2D eigenvalue weighted by Gasteiger charge is -2.18. The number of halogens is 1. The highest BCUT2D eigenvalue weighted by Gasteiger charge is 2.22. The minimum Gasteiger partial charge on any atom is -0.324 e. The Morgan fingerprint density at radius 3 is 2.38 bits per heavy atom. The zero-order valence-electron chi connectivity index (χ0n) is 18.2. The summed E-state index contributed by atoms with van der Waals surface area (Å²) in [5.41, 5.74) is 2.30. The third-order valence-electron chi connectivity index (χ3n) is 5.07. The van der Waals surface area contributed by atoms with Gasteiger partial charge in [0.15, 0.2) is 0 Å². The van der Waals surface area contributed by atoms with Crippen molar-refractivity contribution in [2.75, 3.05) is 10.6 Å². The van der Waals surface area contributed by atoms with E-state index >= 15 is 0 Å². The monoisotopic (exact) mass is 452 g/mol. The maximum atomic E-state index is 13.1. The summed E-state index contributed by atoms with van der Waals surface area (Å²) in [4.78, 5) is 38.0. The van der Waals surface area contributed by atoms with E-state index in [0.717, 1.165) is 16.7 Å². The van der Waals surface area contributed by atoms with Gasteiger partial charge < -0.3 is 10.6 Å². The normalized spacial score (nSPS) is 11.6. The predicted octanol–water partition coefficient (Wildman–Crippen LogP) is 4.67. The molecular formula is C24H25ClN4O3. The van der Waals surface area contributed by atoms with Gasteiger partial charge in [-0.25, -0.2) is 4.68 Å². The van der Waals surface area contributed by atoms with Crippen molar-refractivity contribution in [3.8, 4) is 11.3 Å². The maximum Gasteiger partial charge on any atom is 0.291 e. The van der Waals surface area contributed by atoms with E-state index in [4.69, 9.17) is 11.6 Å². The molecule has 0 aliphatic heterocycles. The third-order valence-corrected chi connectivity index (χ3v) is 5.32. The lowest BCUT2D eigenvalue weighted by atomic mass is 10.1. The molecular weight excluding hydrogens is 428 g/mol. The van der Waals surface area contributed by atoms with Gasteiger partial charge in [-0.1, -0.05) is 55.8 Å². The van der Waals surface area contributed by atoms with E-state index in [1.165, 1.54) is 6.07 Å². The van der Waals surface area contributed by atoms with E-state index < -0.39 is 11.6 Å². The van der Waals surface area contributed by atoms with Crippen molar-refractivity contribution in [3.05, 3.63) is 75.5 Å². The minimum atomic E-state index is -0.919. The second-order valence-corrected chi connectivity index (χ2v) is 7.71. The van der Waals surface area contributed by atoms with Crippen molar-refractivity contribution in [2.24, 2.45) is 0 Å². The van der Waals surface area contributed by atoms with Crippen molar-refractivity contribution >= 4 is 34.8 Å². The van der Waals surface area contributed by atoms with Crippen LogP contribution < -0.4 is 16.2 Å². The molecule has 2 N–H and O–H groups in total.